The Morgan fingerprint density at radius 2 is 2.57 bits per heavy atom. The molecule has 0 aliphatic heterocycles. The van der Waals surface area contributed by atoms with Gasteiger partial charge in [0.15, 0.2) is 0 Å². The van der Waals surface area contributed by atoms with Crippen LogP contribution in [0.4, 0.5) is 0 Å². The van der Waals surface area contributed by atoms with Crippen molar-refractivity contribution in [2.75, 3.05) is 0 Å². The van der Waals surface area contributed by atoms with Crippen LogP contribution in [-0.4, -0.2) is 12.1 Å². The lowest BCUT2D eigenvalue weighted by Gasteiger charge is -1.94. The van der Waals surface area contributed by atoms with Crippen LogP contribution in [0, 0.1) is 0 Å². The minimum Gasteiger partial charge on any atom is -0.426 e. The van der Waals surface area contributed by atoms with Crippen LogP contribution >= 0.6 is 0 Å². The largest absolute Gasteiger partial charge is 0.475 e. The van der Waals surface area contributed by atoms with E-state index in [-0.39, 0.29) is 0 Å². The maximum absolute atomic E-state index is 8.44. The molecule has 7 heavy (non-hydrogen) atoms. The molecule has 0 bridgehead atoms. The van der Waals surface area contributed by atoms with Crippen LogP contribution in [0.5, 0.6) is 0 Å². The van der Waals surface area contributed by atoms with Crippen LogP contribution in [0.15, 0.2) is 12.7 Å². The fraction of sp³-hybridized carbons (Fsp3) is 0.333. The van der Waals surface area contributed by atoms with E-state index in [1.54, 1.807) is 0 Å². The van der Waals surface area contributed by atoms with Gasteiger partial charge in [0.1, 0.15) is 0 Å². The van der Waals surface area contributed by atoms with E-state index in [4.69, 9.17) is 5.02 Å². The predicted octanol–water partition coefficient (Wildman–Crippen LogP) is -0.457. The highest BCUT2D eigenvalue weighted by molar-refractivity contribution is 6.43. The molecule has 0 aliphatic rings. The third-order valence-electron chi connectivity index (χ3n) is 0.525. The summed E-state index contributed by atoms with van der Waals surface area (Å²) in [5.41, 5.74) is 0. The topological polar surface area (TPSA) is 55.5 Å². The molecule has 0 radical (unpaired) electrons. The first-order valence-corrected chi connectivity index (χ1v) is 1.95. The highest BCUT2D eigenvalue weighted by atomic mass is 16.6. The maximum atomic E-state index is 8.44. The zero-order valence-corrected chi connectivity index (χ0v) is 4.00. The van der Waals surface area contributed by atoms with Crippen LogP contribution in [0.2, 0.25) is 6.32 Å². The van der Waals surface area contributed by atoms with Crippen molar-refractivity contribution >= 4 is 7.12 Å². The molecule has 0 aromatic carbocycles. The smallest absolute Gasteiger partial charge is 0.426 e. The lowest BCUT2D eigenvalue weighted by atomic mass is 9.86. The second kappa shape index (κ2) is 3.86. The van der Waals surface area contributed by atoms with Crippen molar-refractivity contribution in [3.05, 3.63) is 12.7 Å². The van der Waals surface area contributed by atoms with Crippen molar-refractivity contribution in [3.63, 3.8) is 0 Å². The minimum absolute atomic E-state index is 0.372. The number of allylic oxidation sites excluding steroid dienone is 1. The number of nitrogens with two attached hydrogens (primary N) is 1. The molecule has 0 aliphatic carbocycles. The van der Waals surface area contributed by atoms with E-state index in [9.17, 15) is 0 Å². The first-order chi connectivity index (χ1) is 3.31. The first kappa shape index (κ1) is 6.68. The van der Waals surface area contributed by atoms with Crippen molar-refractivity contribution in [1.29, 1.82) is 0 Å². The van der Waals surface area contributed by atoms with Gasteiger partial charge in [-0.3, -0.25) is 0 Å². The van der Waals surface area contributed by atoms with Crippen molar-refractivity contribution in [2.24, 2.45) is 5.90 Å². The number of rotatable bonds is 3. The van der Waals surface area contributed by atoms with Crippen molar-refractivity contribution in [2.45, 2.75) is 6.32 Å². The second-order valence-electron chi connectivity index (χ2n) is 1.12. The molecule has 0 spiro atoms. The molecule has 0 heterocycles. The van der Waals surface area contributed by atoms with Crippen LogP contribution in [0.1, 0.15) is 0 Å². The molecule has 0 aromatic rings. The molecule has 4 heteroatoms. The quantitative estimate of drug-likeness (QED) is 0.287. The van der Waals surface area contributed by atoms with Gasteiger partial charge in [-0.15, -0.1) is 6.58 Å². The van der Waals surface area contributed by atoms with Crippen LogP contribution < -0.4 is 5.90 Å². The van der Waals surface area contributed by atoms with Gasteiger partial charge in [-0.25, -0.2) is 5.90 Å². The molecule has 3 nitrogen and oxygen atoms in total. The Balaban J connectivity index is 2.98. The van der Waals surface area contributed by atoms with Gasteiger partial charge in [0.25, 0.3) is 0 Å². The van der Waals surface area contributed by atoms with Gasteiger partial charge in [0.05, 0.1) is 0 Å². The molecule has 0 amide bonds. The predicted molar refractivity (Wildman–Crippen MR) is 28.2 cm³/mol. The van der Waals surface area contributed by atoms with Crippen LogP contribution in [-0.2, 0) is 4.76 Å². The third-order valence-corrected chi connectivity index (χ3v) is 0.525. The van der Waals surface area contributed by atoms with Gasteiger partial charge in [0.2, 0.25) is 0 Å². The summed E-state index contributed by atoms with van der Waals surface area (Å²) in [5.74, 6) is 4.56. The summed E-state index contributed by atoms with van der Waals surface area (Å²) >= 11 is 0. The van der Waals surface area contributed by atoms with E-state index >= 15 is 0 Å². The van der Waals surface area contributed by atoms with Crippen LogP contribution in [0.25, 0.3) is 0 Å². The van der Waals surface area contributed by atoms with Gasteiger partial charge in [-0.1, -0.05) is 6.08 Å². The summed E-state index contributed by atoms with van der Waals surface area (Å²) < 4.78 is 3.97. The summed E-state index contributed by atoms with van der Waals surface area (Å²) in [6, 6.07) is 0. The molecule has 0 unspecified atom stereocenters. The molecule has 3 N–H and O–H groups in total. The Labute approximate surface area is 42.9 Å². The van der Waals surface area contributed by atoms with Gasteiger partial charge < -0.3 is 9.78 Å². The highest BCUT2D eigenvalue weighted by Crippen LogP contribution is 1.84. The van der Waals surface area contributed by atoms with E-state index < -0.39 is 7.12 Å². The monoisotopic (exact) mass is 101 g/mol. The maximum Gasteiger partial charge on any atom is 0.475 e. The first-order valence-electron chi connectivity index (χ1n) is 1.95. The SMILES string of the molecule is C=CCB(O)ON. The number of hydrogen-bond acceptors (Lipinski definition) is 3. The Bertz CT molecular complexity index is 58.9. The number of hydrogen-bond donors (Lipinski definition) is 2. The molecular weight excluding hydrogens is 92.9 g/mol. The van der Waals surface area contributed by atoms with E-state index in [1.165, 1.54) is 6.08 Å². The lowest BCUT2D eigenvalue weighted by molar-refractivity contribution is 0.271. The van der Waals surface area contributed by atoms with Crippen molar-refractivity contribution < 1.29 is 9.78 Å². The Kier molecular flexibility index (Phi) is 3.69. The van der Waals surface area contributed by atoms with E-state index in [0.29, 0.717) is 6.32 Å². The Morgan fingerprint density at radius 1 is 2.00 bits per heavy atom. The van der Waals surface area contributed by atoms with Crippen molar-refractivity contribution in [3.8, 4) is 0 Å². The average Bonchev–Trinajstić information content (AvgIpc) is 1.68. The second-order valence-corrected chi connectivity index (χ2v) is 1.12. The van der Waals surface area contributed by atoms with Crippen LogP contribution in [0.3, 0.4) is 0 Å². The third kappa shape index (κ3) is 3.52. The molecule has 0 saturated carbocycles. The normalized spacial score (nSPS) is 8.29. The Morgan fingerprint density at radius 3 is 2.71 bits per heavy atom. The van der Waals surface area contributed by atoms with Crippen molar-refractivity contribution in [1.82, 2.24) is 0 Å². The van der Waals surface area contributed by atoms with E-state index in [2.05, 4.69) is 17.2 Å². The molecule has 0 atom stereocenters. The summed E-state index contributed by atoms with van der Waals surface area (Å²) in [6.45, 7) is 3.35. The lowest BCUT2D eigenvalue weighted by Crippen LogP contribution is -2.20. The fourth-order valence-corrected chi connectivity index (χ4v) is 0.198. The van der Waals surface area contributed by atoms with E-state index in [0.717, 1.165) is 0 Å². The summed E-state index contributed by atoms with van der Waals surface area (Å²) in [5, 5.41) is 8.44. The van der Waals surface area contributed by atoms with Gasteiger partial charge >= 0.3 is 7.12 Å². The molecule has 40 valence electrons. The fourth-order valence-electron chi connectivity index (χ4n) is 0.198. The zero-order chi connectivity index (χ0) is 5.70. The van der Waals surface area contributed by atoms with Gasteiger partial charge in [-0.05, 0) is 0 Å². The van der Waals surface area contributed by atoms with E-state index in [1.807, 2.05) is 0 Å². The summed E-state index contributed by atoms with van der Waals surface area (Å²) in [7, 11) is -0.891. The average molecular weight is 101 g/mol. The molecule has 0 rings (SSSR count). The molecule has 0 saturated heterocycles. The standard InChI is InChI=1S/C3H8BNO2/c1-2-3-4(6)7-5/h2,6H,1,3,5H2. The molecule has 0 fully saturated rings. The zero-order valence-electron chi connectivity index (χ0n) is 4.00. The minimum atomic E-state index is -0.891. The van der Waals surface area contributed by atoms with Gasteiger partial charge in [0, 0.05) is 6.32 Å². The molecular formula is C3H8BNO2. The summed E-state index contributed by atoms with van der Waals surface area (Å²) in [4.78, 5) is 0. The van der Waals surface area contributed by atoms with Gasteiger partial charge in [-0.2, -0.15) is 0 Å². The Hall–Kier alpha value is -0.315. The molecule has 0 aromatic heterocycles. The highest BCUT2D eigenvalue weighted by Gasteiger charge is 2.05. The summed E-state index contributed by atoms with van der Waals surface area (Å²) in [6.07, 6.45) is 1.90.